The van der Waals surface area contributed by atoms with Crippen molar-refractivity contribution in [3.05, 3.63) is 0 Å². The van der Waals surface area contributed by atoms with Gasteiger partial charge in [0.25, 0.3) is 5.91 Å². The Morgan fingerprint density at radius 1 is 1.33 bits per heavy atom. The Hall–Kier alpha value is -1.67. The quantitative estimate of drug-likeness (QED) is 0.241. The molecule has 8 nitrogen and oxygen atoms in total. The van der Waals surface area contributed by atoms with Crippen molar-refractivity contribution in [3.8, 4) is 0 Å². The van der Waals surface area contributed by atoms with E-state index in [9.17, 15) is 14.4 Å². The third-order valence-electron chi connectivity index (χ3n) is 1.59. The molecular formula is C7H14N4O4. The van der Waals surface area contributed by atoms with Crippen LogP contribution in [-0.4, -0.2) is 35.5 Å². The normalized spacial score (nSPS) is 11.6. The standard InChI is InChI=1S/C7H14N4O4/c8-4(1-2-5(9)12)7(14)10-3-6(13)11-15/h4,15H,1-3,8H2,(H2,9,12)(H,10,14)(H,11,13)/t4-/m0/s1. The van der Waals surface area contributed by atoms with E-state index >= 15 is 0 Å². The van der Waals surface area contributed by atoms with Crippen LogP contribution in [-0.2, 0) is 14.4 Å². The molecule has 7 N–H and O–H groups in total. The van der Waals surface area contributed by atoms with Gasteiger partial charge in [-0.1, -0.05) is 0 Å². The van der Waals surface area contributed by atoms with Crippen LogP contribution in [0.1, 0.15) is 12.8 Å². The number of amides is 3. The fourth-order valence-corrected chi connectivity index (χ4v) is 0.767. The molecular weight excluding hydrogens is 204 g/mol. The largest absolute Gasteiger partial charge is 0.370 e. The summed E-state index contributed by atoms with van der Waals surface area (Å²) in [7, 11) is 0. The first kappa shape index (κ1) is 13.3. The monoisotopic (exact) mass is 218 g/mol. The van der Waals surface area contributed by atoms with E-state index in [2.05, 4.69) is 5.32 Å². The average Bonchev–Trinajstić information content (AvgIpc) is 2.21. The minimum absolute atomic E-state index is 0.000777. The lowest BCUT2D eigenvalue weighted by atomic mass is 10.1. The van der Waals surface area contributed by atoms with Crippen molar-refractivity contribution in [2.24, 2.45) is 11.5 Å². The average molecular weight is 218 g/mol. The lowest BCUT2D eigenvalue weighted by molar-refractivity contribution is -0.131. The highest BCUT2D eigenvalue weighted by Gasteiger charge is 2.14. The molecule has 0 fully saturated rings. The van der Waals surface area contributed by atoms with E-state index in [1.807, 2.05) is 0 Å². The summed E-state index contributed by atoms with van der Waals surface area (Å²) in [4.78, 5) is 32.0. The smallest absolute Gasteiger partial charge is 0.262 e. The number of rotatable bonds is 6. The summed E-state index contributed by atoms with van der Waals surface area (Å²) in [6.07, 6.45) is 0.114. The summed E-state index contributed by atoms with van der Waals surface area (Å²) in [5, 5.41) is 10.3. The van der Waals surface area contributed by atoms with Crippen LogP contribution in [0.2, 0.25) is 0 Å². The van der Waals surface area contributed by atoms with Gasteiger partial charge in [0.05, 0.1) is 12.6 Å². The highest BCUT2D eigenvalue weighted by molar-refractivity contribution is 5.87. The predicted molar refractivity (Wildman–Crippen MR) is 49.3 cm³/mol. The Labute approximate surface area is 85.9 Å². The molecule has 0 heterocycles. The predicted octanol–water partition coefficient (Wildman–Crippen LogP) is -2.80. The van der Waals surface area contributed by atoms with Crippen molar-refractivity contribution < 1.29 is 19.6 Å². The summed E-state index contributed by atoms with van der Waals surface area (Å²) in [6.45, 7) is -0.375. The van der Waals surface area contributed by atoms with Crippen LogP contribution in [0.3, 0.4) is 0 Å². The van der Waals surface area contributed by atoms with Gasteiger partial charge in [-0.15, -0.1) is 0 Å². The van der Waals surface area contributed by atoms with Crippen molar-refractivity contribution in [1.29, 1.82) is 0 Å². The van der Waals surface area contributed by atoms with E-state index in [0.29, 0.717) is 0 Å². The Morgan fingerprint density at radius 3 is 2.40 bits per heavy atom. The first-order chi connectivity index (χ1) is 6.97. The van der Waals surface area contributed by atoms with Gasteiger partial charge >= 0.3 is 0 Å². The highest BCUT2D eigenvalue weighted by Crippen LogP contribution is 1.93. The fourth-order valence-electron chi connectivity index (χ4n) is 0.767. The number of hydroxylamine groups is 1. The van der Waals surface area contributed by atoms with Gasteiger partial charge in [-0.05, 0) is 6.42 Å². The summed E-state index contributed by atoms with van der Waals surface area (Å²) in [6, 6.07) is -0.899. The van der Waals surface area contributed by atoms with Gasteiger partial charge in [0.2, 0.25) is 11.8 Å². The van der Waals surface area contributed by atoms with Gasteiger partial charge in [0.1, 0.15) is 0 Å². The van der Waals surface area contributed by atoms with E-state index in [1.165, 1.54) is 5.48 Å². The first-order valence-corrected chi connectivity index (χ1v) is 4.22. The lowest BCUT2D eigenvalue weighted by Gasteiger charge is -2.10. The SMILES string of the molecule is NC(=O)CC[C@H](N)C(=O)NCC(=O)NO. The van der Waals surface area contributed by atoms with Gasteiger partial charge in [-0.3, -0.25) is 19.6 Å². The molecule has 0 rings (SSSR count). The van der Waals surface area contributed by atoms with Crippen LogP contribution >= 0.6 is 0 Å². The molecule has 15 heavy (non-hydrogen) atoms. The summed E-state index contributed by atoms with van der Waals surface area (Å²) >= 11 is 0. The Morgan fingerprint density at radius 2 is 1.93 bits per heavy atom. The molecule has 0 aromatic carbocycles. The van der Waals surface area contributed by atoms with Gasteiger partial charge in [-0.2, -0.15) is 0 Å². The van der Waals surface area contributed by atoms with Crippen LogP contribution in [0.25, 0.3) is 0 Å². The van der Waals surface area contributed by atoms with E-state index in [4.69, 9.17) is 16.7 Å². The van der Waals surface area contributed by atoms with Crippen molar-refractivity contribution in [2.75, 3.05) is 6.54 Å². The topological polar surface area (TPSA) is 148 Å². The maximum absolute atomic E-state index is 11.1. The Kier molecular flexibility index (Phi) is 5.99. The van der Waals surface area contributed by atoms with Gasteiger partial charge in [0.15, 0.2) is 0 Å². The molecule has 8 heteroatoms. The molecule has 0 saturated heterocycles. The number of carbonyl (C=O) groups is 3. The van der Waals surface area contributed by atoms with E-state index < -0.39 is 23.8 Å². The number of hydrogen-bond donors (Lipinski definition) is 5. The number of hydrogen-bond acceptors (Lipinski definition) is 5. The third kappa shape index (κ3) is 6.41. The highest BCUT2D eigenvalue weighted by atomic mass is 16.5. The fraction of sp³-hybridized carbons (Fsp3) is 0.571. The summed E-state index contributed by atoms with van der Waals surface area (Å²) in [5.41, 5.74) is 11.6. The van der Waals surface area contributed by atoms with Crippen molar-refractivity contribution in [1.82, 2.24) is 10.8 Å². The molecule has 0 saturated carbocycles. The molecule has 0 unspecified atom stereocenters. The molecule has 0 aromatic heterocycles. The van der Waals surface area contributed by atoms with Crippen molar-refractivity contribution >= 4 is 17.7 Å². The van der Waals surface area contributed by atoms with Gasteiger partial charge in [-0.25, -0.2) is 5.48 Å². The second-order valence-electron chi connectivity index (χ2n) is 2.86. The maximum atomic E-state index is 11.1. The third-order valence-corrected chi connectivity index (χ3v) is 1.59. The second kappa shape index (κ2) is 6.74. The Bertz CT molecular complexity index is 255. The molecule has 0 aromatic rings. The minimum Gasteiger partial charge on any atom is -0.370 e. The minimum atomic E-state index is -0.899. The zero-order valence-corrected chi connectivity index (χ0v) is 8.03. The van der Waals surface area contributed by atoms with E-state index in [0.717, 1.165) is 0 Å². The van der Waals surface area contributed by atoms with Crippen LogP contribution < -0.4 is 22.3 Å². The number of nitrogens with one attached hydrogen (secondary N) is 2. The van der Waals surface area contributed by atoms with Crippen molar-refractivity contribution in [3.63, 3.8) is 0 Å². The van der Waals surface area contributed by atoms with Crippen LogP contribution in [0.15, 0.2) is 0 Å². The zero-order valence-electron chi connectivity index (χ0n) is 8.03. The summed E-state index contributed by atoms with van der Waals surface area (Å²) < 4.78 is 0. The molecule has 1 atom stereocenters. The molecule has 0 aliphatic heterocycles. The van der Waals surface area contributed by atoms with Crippen LogP contribution in [0, 0.1) is 0 Å². The molecule has 86 valence electrons. The summed E-state index contributed by atoms with van der Waals surface area (Å²) in [5.74, 6) is -1.89. The van der Waals surface area contributed by atoms with Crippen LogP contribution in [0.5, 0.6) is 0 Å². The van der Waals surface area contributed by atoms with Gasteiger partial charge in [0, 0.05) is 6.42 Å². The lowest BCUT2D eigenvalue weighted by Crippen LogP contribution is -2.44. The van der Waals surface area contributed by atoms with E-state index in [-0.39, 0.29) is 19.4 Å². The molecule has 0 radical (unpaired) electrons. The number of primary amides is 1. The maximum Gasteiger partial charge on any atom is 0.262 e. The number of carbonyl (C=O) groups excluding carboxylic acids is 3. The van der Waals surface area contributed by atoms with E-state index in [1.54, 1.807) is 0 Å². The molecule has 0 spiro atoms. The molecule has 0 aliphatic rings. The molecule has 0 aliphatic carbocycles. The van der Waals surface area contributed by atoms with Gasteiger partial charge < -0.3 is 16.8 Å². The van der Waals surface area contributed by atoms with Crippen molar-refractivity contribution in [2.45, 2.75) is 18.9 Å². The molecule has 3 amide bonds. The van der Waals surface area contributed by atoms with Crippen LogP contribution in [0.4, 0.5) is 0 Å². The first-order valence-electron chi connectivity index (χ1n) is 4.22. The second-order valence-corrected chi connectivity index (χ2v) is 2.86. The zero-order chi connectivity index (χ0) is 11.8. The Balaban J connectivity index is 3.79. The number of nitrogens with two attached hydrogens (primary N) is 2. The molecule has 0 bridgehead atoms.